The summed E-state index contributed by atoms with van der Waals surface area (Å²) in [6.07, 6.45) is 6.58. The van der Waals surface area contributed by atoms with Gasteiger partial charge < -0.3 is 14.7 Å². The van der Waals surface area contributed by atoms with Crippen LogP contribution >= 0.6 is 0 Å². The lowest BCUT2D eigenvalue weighted by Crippen LogP contribution is -2.57. The average molecular weight is 275 g/mol. The van der Waals surface area contributed by atoms with Crippen LogP contribution in [0.4, 0.5) is 5.69 Å². The topological polar surface area (TPSA) is 49.8 Å². The second kappa shape index (κ2) is 5.00. The van der Waals surface area contributed by atoms with E-state index >= 15 is 0 Å². The molecule has 0 atom stereocenters. The van der Waals surface area contributed by atoms with Crippen molar-refractivity contribution in [3.05, 3.63) is 23.8 Å². The monoisotopic (exact) mass is 275 g/mol. The lowest BCUT2D eigenvalue weighted by atomic mass is 9.68. The highest BCUT2D eigenvalue weighted by atomic mass is 16.5. The number of methoxy groups -OCH3 is 1. The summed E-state index contributed by atoms with van der Waals surface area (Å²) in [5.41, 5.74) is 1.62. The van der Waals surface area contributed by atoms with Gasteiger partial charge in [0, 0.05) is 18.5 Å². The Labute approximate surface area is 119 Å². The molecular formula is C16H21NO3. The van der Waals surface area contributed by atoms with Crippen LogP contribution in [0.1, 0.15) is 42.5 Å². The van der Waals surface area contributed by atoms with Gasteiger partial charge in [-0.1, -0.05) is 19.3 Å². The molecule has 0 unspecified atom stereocenters. The summed E-state index contributed by atoms with van der Waals surface area (Å²) in [6, 6.07) is 5.33. The summed E-state index contributed by atoms with van der Waals surface area (Å²) in [5.74, 6) is -0.289. The fraction of sp³-hybridized carbons (Fsp3) is 0.562. The number of hydrogen-bond acceptors (Lipinski definition) is 3. The summed E-state index contributed by atoms with van der Waals surface area (Å²) < 4.78 is 5.12. The first kappa shape index (κ1) is 13.3. The van der Waals surface area contributed by atoms with E-state index in [1.165, 1.54) is 32.1 Å². The molecule has 0 bridgehead atoms. The maximum Gasteiger partial charge on any atom is 0.337 e. The summed E-state index contributed by atoms with van der Waals surface area (Å²) in [6.45, 7) is 2.00. The molecule has 1 aromatic carbocycles. The Morgan fingerprint density at radius 1 is 1.25 bits per heavy atom. The molecule has 1 aliphatic heterocycles. The maximum atomic E-state index is 11.4. The first-order valence-corrected chi connectivity index (χ1v) is 7.30. The predicted molar refractivity (Wildman–Crippen MR) is 77.7 cm³/mol. The minimum absolute atomic E-state index is 0.343. The Morgan fingerprint density at radius 3 is 2.55 bits per heavy atom. The molecule has 1 spiro atoms. The number of nitrogens with zero attached hydrogens (tertiary/aromatic N) is 1. The van der Waals surface area contributed by atoms with E-state index < -0.39 is 5.97 Å². The van der Waals surface area contributed by atoms with E-state index in [0.29, 0.717) is 16.7 Å². The molecule has 108 valence electrons. The van der Waals surface area contributed by atoms with Crippen LogP contribution in [-0.4, -0.2) is 31.3 Å². The van der Waals surface area contributed by atoms with Crippen LogP contribution in [0.25, 0.3) is 0 Å². The number of carbonyl (C=O) groups is 1. The highest BCUT2D eigenvalue weighted by Gasteiger charge is 2.44. The van der Waals surface area contributed by atoms with Crippen molar-refractivity contribution in [3.8, 4) is 5.75 Å². The van der Waals surface area contributed by atoms with Crippen molar-refractivity contribution in [2.75, 3.05) is 25.1 Å². The van der Waals surface area contributed by atoms with E-state index in [2.05, 4.69) is 4.90 Å². The molecular weight excluding hydrogens is 254 g/mol. The SMILES string of the molecule is COc1ccc(N2CC3(CCCCC3)C2)c(C(=O)O)c1. The highest BCUT2D eigenvalue weighted by molar-refractivity contribution is 5.95. The van der Waals surface area contributed by atoms with Gasteiger partial charge in [0.05, 0.1) is 18.4 Å². The molecule has 1 saturated heterocycles. The van der Waals surface area contributed by atoms with Gasteiger partial charge in [0.15, 0.2) is 0 Å². The zero-order chi connectivity index (χ0) is 14.2. The van der Waals surface area contributed by atoms with Crippen LogP contribution in [0.5, 0.6) is 5.75 Å². The Hall–Kier alpha value is -1.71. The quantitative estimate of drug-likeness (QED) is 0.920. The van der Waals surface area contributed by atoms with Gasteiger partial charge >= 0.3 is 5.97 Å². The molecule has 1 heterocycles. The number of ether oxygens (including phenoxy) is 1. The molecule has 1 N–H and O–H groups in total. The number of aromatic carboxylic acids is 1. The van der Waals surface area contributed by atoms with Crippen molar-refractivity contribution in [2.24, 2.45) is 5.41 Å². The van der Waals surface area contributed by atoms with Crippen molar-refractivity contribution in [1.82, 2.24) is 0 Å². The zero-order valence-electron chi connectivity index (χ0n) is 11.9. The molecule has 0 radical (unpaired) electrons. The molecule has 2 aliphatic rings. The van der Waals surface area contributed by atoms with Crippen LogP contribution in [-0.2, 0) is 0 Å². The van der Waals surface area contributed by atoms with E-state index in [1.807, 2.05) is 12.1 Å². The van der Waals surface area contributed by atoms with E-state index in [-0.39, 0.29) is 0 Å². The van der Waals surface area contributed by atoms with Crippen molar-refractivity contribution in [3.63, 3.8) is 0 Å². The van der Waals surface area contributed by atoms with Gasteiger partial charge in [0.1, 0.15) is 5.75 Å². The number of hydrogen-bond donors (Lipinski definition) is 1. The summed E-state index contributed by atoms with van der Waals surface area (Å²) in [5, 5.41) is 9.37. The summed E-state index contributed by atoms with van der Waals surface area (Å²) in [4.78, 5) is 13.6. The van der Waals surface area contributed by atoms with Crippen molar-refractivity contribution >= 4 is 11.7 Å². The molecule has 1 saturated carbocycles. The number of anilines is 1. The van der Waals surface area contributed by atoms with E-state index in [9.17, 15) is 9.90 Å². The molecule has 3 rings (SSSR count). The van der Waals surface area contributed by atoms with Gasteiger partial charge in [-0.15, -0.1) is 0 Å². The second-order valence-corrected chi connectivity index (χ2v) is 6.10. The van der Waals surface area contributed by atoms with Gasteiger partial charge in [0.25, 0.3) is 0 Å². The van der Waals surface area contributed by atoms with Gasteiger partial charge in [-0.05, 0) is 31.0 Å². The first-order valence-electron chi connectivity index (χ1n) is 7.30. The average Bonchev–Trinajstić information content (AvgIpc) is 2.45. The molecule has 20 heavy (non-hydrogen) atoms. The Kier molecular flexibility index (Phi) is 3.32. The van der Waals surface area contributed by atoms with Gasteiger partial charge in [-0.25, -0.2) is 4.79 Å². The minimum atomic E-state index is -0.886. The molecule has 4 heteroatoms. The van der Waals surface area contributed by atoms with Crippen molar-refractivity contribution in [2.45, 2.75) is 32.1 Å². The number of carboxylic acid groups (broad SMARTS) is 1. The summed E-state index contributed by atoms with van der Waals surface area (Å²) >= 11 is 0. The Balaban J connectivity index is 1.80. The molecule has 1 aromatic rings. The second-order valence-electron chi connectivity index (χ2n) is 6.10. The molecule has 1 aliphatic carbocycles. The third kappa shape index (κ3) is 2.23. The fourth-order valence-electron chi connectivity index (χ4n) is 3.64. The lowest BCUT2D eigenvalue weighted by molar-refractivity contribution is 0.0695. The number of carboxylic acids is 1. The molecule has 2 fully saturated rings. The molecule has 0 amide bonds. The highest BCUT2D eigenvalue weighted by Crippen LogP contribution is 2.46. The largest absolute Gasteiger partial charge is 0.497 e. The fourth-order valence-corrected chi connectivity index (χ4v) is 3.64. The normalized spacial score (nSPS) is 20.6. The van der Waals surface area contributed by atoms with E-state index in [4.69, 9.17) is 4.74 Å². The number of rotatable bonds is 3. The van der Waals surface area contributed by atoms with Crippen LogP contribution in [0.3, 0.4) is 0 Å². The van der Waals surface area contributed by atoms with E-state index in [0.717, 1.165) is 18.8 Å². The third-order valence-electron chi connectivity index (χ3n) is 4.74. The van der Waals surface area contributed by atoms with Crippen LogP contribution in [0.15, 0.2) is 18.2 Å². The van der Waals surface area contributed by atoms with Gasteiger partial charge in [-0.2, -0.15) is 0 Å². The first-order chi connectivity index (χ1) is 9.63. The predicted octanol–water partition coefficient (Wildman–Crippen LogP) is 3.16. The number of benzene rings is 1. The zero-order valence-corrected chi connectivity index (χ0v) is 11.9. The smallest absolute Gasteiger partial charge is 0.337 e. The van der Waals surface area contributed by atoms with E-state index in [1.54, 1.807) is 13.2 Å². The van der Waals surface area contributed by atoms with Gasteiger partial charge in [-0.3, -0.25) is 0 Å². The minimum Gasteiger partial charge on any atom is -0.497 e. The van der Waals surface area contributed by atoms with Crippen LogP contribution in [0.2, 0.25) is 0 Å². The standard InChI is InChI=1S/C16H21NO3/c1-20-12-5-6-14(13(9-12)15(18)19)17-10-16(11-17)7-3-2-4-8-16/h5-6,9H,2-4,7-8,10-11H2,1H3,(H,18,19). The maximum absolute atomic E-state index is 11.4. The van der Waals surface area contributed by atoms with Crippen molar-refractivity contribution < 1.29 is 14.6 Å². The Bertz CT molecular complexity index is 512. The molecule has 0 aromatic heterocycles. The third-order valence-corrected chi connectivity index (χ3v) is 4.74. The lowest BCUT2D eigenvalue weighted by Gasteiger charge is -2.54. The van der Waals surface area contributed by atoms with Crippen LogP contribution < -0.4 is 9.64 Å². The molecule has 4 nitrogen and oxygen atoms in total. The summed E-state index contributed by atoms with van der Waals surface area (Å²) in [7, 11) is 1.56. The van der Waals surface area contributed by atoms with Crippen LogP contribution in [0, 0.1) is 5.41 Å². The van der Waals surface area contributed by atoms with Gasteiger partial charge in [0.2, 0.25) is 0 Å². The van der Waals surface area contributed by atoms with Crippen molar-refractivity contribution in [1.29, 1.82) is 0 Å². The Morgan fingerprint density at radius 2 is 1.95 bits per heavy atom.